The van der Waals surface area contributed by atoms with Crippen molar-refractivity contribution in [3.05, 3.63) is 39.2 Å². The van der Waals surface area contributed by atoms with E-state index in [9.17, 15) is 13.6 Å². The van der Waals surface area contributed by atoms with Gasteiger partial charge in [0.2, 0.25) is 5.91 Å². The molecular weight excluding hydrogens is 278 g/mol. The molecule has 0 radical (unpaired) electrons. The van der Waals surface area contributed by atoms with Gasteiger partial charge in [0.15, 0.2) is 11.6 Å². The molecular formula is C11H9ClF2N4O. The highest BCUT2D eigenvalue weighted by Crippen LogP contribution is 2.33. The van der Waals surface area contributed by atoms with Crippen LogP contribution in [0.4, 0.5) is 14.5 Å². The minimum atomic E-state index is -1.06. The van der Waals surface area contributed by atoms with Crippen LogP contribution in [-0.2, 0) is 4.79 Å². The summed E-state index contributed by atoms with van der Waals surface area (Å²) in [5, 5.41) is 3.37. The van der Waals surface area contributed by atoms with Gasteiger partial charge in [-0.25, -0.2) is 8.78 Å². The minimum Gasteiger partial charge on any atom is -0.311 e. The van der Waals surface area contributed by atoms with Gasteiger partial charge in [-0.15, -0.1) is 0 Å². The van der Waals surface area contributed by atoms with E-state index < -0.39 is 11.6 Å². The second-order valence-corrected chi connectivity index (χ2v) is 4.61. The molecule has 1 aromatic rings. The summed E-state index contributed by atoms with van der Waals surface area (Å²) in [6.45, 7) is 0.447. The van der Waals surface area contributed by atoms with Gasteiger partial charge in [-0.05, 0) is 17.5 Å². The average molecular weight is 287 g/mol. The first-order chi connectivity index (χ1) is 9.02. The Labute approximate surface area is 112 Å². The smallest absolute Gasteiger partial charge is 0.227 e. The summed E-state index contributed by atoms with van der Waals surface area (Å²) >= 11 is 5.82. The number of rotatable bonds is 3. The van der Waals surface area contributed by atoms with Crippen LogP contribution < -0.4 is 4.90 Å². The van der Waals surface area contributed by atoms with Crippen molar-refractivity contribution in [2.24, 2.45) is 11.0 Å². The number of halogens is 3. The lowest BCUT2D eigenvalue weighted by Gasteiger charge is -2.18. The predicted molar refractivity (Wildman–Crippen MR) is 65.8 cm³/mol. The summed E-state index contributed by atoms with van der Waals surface area (Å²) in [4.78, 5) is 15.7. The second kappa shape index (κ2) is 5.42. The summed E-state index contributed by atoms with van der Waals surface area (Å²) in [6.07, 6.45) is 0.189. The molecule has 1 unspecified atom stereocenters. The maximum atomic E-state index is 13.2. The number of benzene rings is 1. The van der Waals surface area contributed by atoms with Gasteiger partial charge in [0.1, 0.15) is 0 Å². The van der Waals surface area contributed by atoms with Crippen LogP contribution in [0.15, 0.2) is 17.2 Å². The number of hydrogen-bond donors (Lipinski definition) is 0. The molecule has 0 saturated carbocycles. The van der Waals surface area contributed by atoms with Crippen LogP contribution in [0, 0.1) is 17.6 Å². The monoisotopic (exact) mass is 286 g/mol. The first-order valence-corrected chi connectivity index (χ1v) is 5.86. The molecule has 1 aliphatic rings. The van der Waals surface area contributed by atoms with E-state index in [0.29, 0.717) is 0 Å². The maximum absolute atomic E-state index is 13.2. The molecule has 0 aromatic heterocycles. The quantitative estimate of drug-likeness (QED) is 0.364. The standard InChI is InChI=1S/C11H9ClF2N4O/c12-7-2-8(13)9(14)3-10(7)18-5-6(1-11(18)19)4-16-17-15/h2-3,6H,1,4-5H2. The van der Waals surface area contributed by atoms with Crippen molar-refractivity contribution in [2.75, 3.05) is 18.0 Å². The molecule has 19 heavy (non-hydrogen) atoms. The first-order valence-electron chi connectivity index (χ1n) is 5.48. The number of anilines is 1. The highest BCUT2D eigenvalue weighted by molar-refractivity contribution is 6.33. The molecule has 1 aromatic carbocycles. The van der Waals surface area contributed by atoms with Gasteiger partial charge in [0, 0.05) is 30.5 Å². The molecule has 0 aliphatic carbocycles. The van der Waals surface area contributed by atoms with Gasteiger partial charge in [0.05, 0.1) is 10.7 Å². The Kier molecular flexibility index (Phi) is 3.87. The Hall–Kier alpha value is -1.85. The molecule has 0 bridgehead atoms. The number of azide groups is 1. The van der Waals surface area contributed by atoms with Crippen LogP contribution >= 0.6 is 11.6 Å². The molecule has 1 atom stereocenters. The van der Waals surface area contributed by atoms with E-state index in [1.165, 1.54) is 4.90 Å². The van der Waals surface area contributed by atoms with Crippen molar-refractivity contribution < 1.29 is 13.6 Å². The van der Waals surface area contributed by atoms with E-state index in [4.69, 9.17) is 17.1 Å². The molecule has 0 spiro atoms. The van der Waals surface area contributed by atoms with Gasteiger partial charge in [-0.1, -0.05) is 16.7 Å². The Morgan fingerprint density at radius 2 is 2.16 bits per heavy atom. The molecule has 5 nitrogen and oxygen atoms in total. The number of nitrogens with zero attached hydrogens (tertiary/aromatic N) is 4. The van der Waals surface area contributed by atoms with E-state index >= 15 is 0 Å². The lowest BCUT2D eigenvalue weighted by molar-refractivity contribution is -0.117. The Bertz CT molecular complexity index is 574. The van der Waals surface area contributed by atoms with E-state index in [-0.39, 0.29) is 42.0 Å². The lowest BCUT2D eigenvalue weighted by Crippen LogP contribution is -2.25. The third kappa shape index (κ3) is 2.77. The Morgan fingerprint density at radius 1 is 1.47 bits per heavy atom. The largest absolute Gasteiger partial charge is 0.311 e. The van der Waals surface area contributed by atoms with E-state index in [1.807, 2.05) is 0 Å². The number of amides is 1. The van der Waals surface area contributed by atoms with Crippen LogP contribution in [0.2, 0.25) is 5.02 Å². The van der Waals surface area contributed by atoms with Gasteiger partial charge in [-0.3, -0.25) is 4.79 Å². The van der Waals surface area contributed by atoms with Crippen molar-refractivity contribution in [1.82, 2.24) is 0 Å². The highest BCUT2D eigenvalue weighted by Gasteiger charge is 2.31. The first kappa shape index (κ1) is 13.6. The average Bonchev–Trinajstić information content (AvgIpc) is 2.72. The van der Waals surface area contributed by atoms with E-state index in [1.54, 1.807) is 0 Å². The summed E-state index contributed by atoms with van der Waals surface area (Å²) in [7, 11) is 0. The zero-order chi connectivity index (χ0) is 14.0. The zero-order valence-electron chi connectivity index (χ0n) is 9.68. The predicted octanol–water partition coefficient (Wildman–Crippen LogP) is 3.28. The molecule has 1 aliphatic heterocycles. The zero-order valence-corrected chi connectivity index (χ0v) is 10.4. The van der Waals surface area contributed by atoms with E-state index in [0.717, 1.165) is 12.1 Å². The van der Waals surface area contributed by atoms with Crippen LogP contribution in [0.1, 0.15) is 6.42 Å². The lowest BCUT2D eigenvalue weighted by atomic mass is 10.1. The third-order valence-corrected chi connectivity index (χ3v) is 3.19. The normalized spacial score (nSPS) is 18.6. The molecule has 8 heteroatoms. The van der Waals surface area contributed by atoms with Crippen LogP contribution in [0.5, 0.6) is 0 Å². The maximum Gasteiger partial charge on any atom is 0.227 e. The van der Waals surface area contributed by atoms with Crippen molar-refractivity contribution in [3.63, 3.8) is 0 Å². The molecule has 1 amide bonds. The van der Waals surface area contributed by atoms with Crippen molar-refractivity contribution >= 4 is 23.2 Å². The molecule has 100 valence electrons. The topological polar surface area (TPSA) is 69.1 Å². The Morgan fingerprint density at radius 3 is 2.84 bits per heavy atom. The minimum absolute atomic E-state index is 0.0308. The molecule has 1 heterocycles. The SMILES string of the molecule is [N-]=[N+]=NCC1CC(=O)N(c2cc(F)c(F)cc2Cl)C1. The fraction of sp³-hybridized carbons (Fsp3) is 0.364. The van der Waals surface area contributed by atoms with Gasteiger partial charge in [-0.2, -0.15) is 0 Å². The van der Waals surface area contributed by atoms with Crippen molar-refractivity contribution in [1.29, 1.82) is 0 Å². The van der Waals surface area contributed by atoms with Crippen LogP contribution in [0.25, 0.3) is 10.4 Å². The van der Waals surface area contributed by atoms with Crippen LogP contribution in [-0.4, -0.2) is 19.0 Å². The summed E-state index contributed by atoms with van der Waals surface area (Å²) in [5.41, 5.74) is 8.37. The fourth-order valence-electron chi connectivity index (χ4n) is 2.01. The fourth-order valence-corrected chi connectivity index (χ4v) is 2.26. The Balaban J connectivity index is 2.25. The highest BCUT2D eigenvalue weighted by atomic mass is 35.5. The molecule has 2 rings (SSSR count). The van der Waals surface area contributed by atoms with Crippen molar-refractivity contribution in [3.8, 4) is 0 Å². The molecule has 0 N–H and O–H groups in total. The van der Waals surface area contributed by atoms with E-state index in [2.05, 4.69) is 10.0 Å². The van der Waals surface area contributed by atoms with Crippen LogP contribution in [0.3, 0.4) is 0 Å². The van der Waals surface area contributed by atoms with Gasteiger partial charge < -0.3 is 4.90 Å². The van der Waals surface area contributed by atoms with Crippen molar-refractivity contribution in [2.45, 2.75) is 6.42 Å². The number of hydrogen-bond acceptors (Lipinski definition) is 2. The number of carbonyl (C=O) groups excluding carboxylic acids is 1. The summed E-state index contributed by atoms with van der Waals surface area (Å²) in [6, 6.07) is 1.73. The molecule has 1 saturated heterocycles. The van der Waals surface area contributed by atoms with Gasteiger partial charge in [0.25, 0.3) is 0 Å². The van der Waals surface area contributed by atoms with Gasteiger partial charge >= 0.3 is 0 Å². The summed E-state index contributed by atoms with van der Waals surface area (Å²) in [5.74, 6) is -2.53. The third-order valence-electron chi connectivity index (χ3n) is 2.89. The second-order valence-electron chi connectivity index (χ2n) is 4.21. The summed E-state index contributed by atoms with van der Waals surface area (Å²) < 4.78 is 26.2. The molecule has 1 fully saturated rings. The number of carbonyl (C=O) groups is 1.